The number of hydrogen-bond acceptors (Lipinski definition) is 6. The standard InChI is InChI=1S/C21H18ClN5O2/c1-12(16-11-13-10-14(22)5-6-17(13)26-19(16)28)25-21-24-9-7-18(27-21)15-4-3-8-23-20(15)29-2/h3-12H,1-2H3,(H,26,28)(H,24,25,27). The Hall–Kier alpha value is -3.45. The van der Waals surface area contributed by atoms with Crippen LogP contribution in [0.3, 0.4) is 0 Å². The highest BCUT2D eigenvalue weighted by molar-refractivity contribution is 6.31. The first kappa shape index (κ1) is 18.9. The lowest BCUT2D eigenvalue weighted by molar-refractivity contribution is 0.399. The minimum atomic E-state index is -0.326. The molecule has 0 aliphatic heterocycles. The van der Waals surface area contributed by atoms with Crippen LogP contribution in [0.15, 0.2) is 59.7 Å². The van der Waals surface area contributed by atoms with E-state index in [0.717, 1.165) is 16.5 Å². The van der Waals surface area contributed by atoms with Crippen molar-refractivity contribution in [3.05, 3.63) is 75.8 Å². The average Bonchev–Trinajstić information content (AvgIpc) is 2.73. The number of hydrogen-bond donors (Lipinski definition) is 2. The summed E-state index contributed by atoms with van der Waals surface area (Å²) in [5.74, 6) is 0.875. The van der Waals surface area contributed by atoms with Crippen LogP contribution in [0.2, 0.25) is 5.02 Å². The summed E-state index contributed by atoms with van der Waals surface area (Å²) in [6.07, 6.45) is 3.30. The van der Waals surface area contributed by atoms with E-state index in [1.165, 1.54) is 0 Å². The molecule has 0 radical (unpaired) electrons. The molecule has 0 amide bonds. The molecular formula is C21H18ClN5O2. The number of nitrogens with zero attached hydrogens (tertiary/aromatic N) is 3. The van der Waals surface area contributed by atoms with Gasteiger partial charge in [-0.1, -0.05) is 11.6 Å². The zero-order chi connectivity index (χ0) is 20.4. The largest absolute Gasteiger partial charge is 0.481 e. The van der Waals surface area contributed by atoms with E-state index in [4.69, 9.17) is 16.3 Å². The number of benzene rings is 1. The van der Waals surface area contributed by atoms with Crippen LogP contribution >= 0.6 is 11.6 Å². The Bertz CT molecular complexity index is 1240. The highest BCUT2D eigenvalue weighted by Gasteiger charge is 2.14. The van der Waals surface area contributed by atoms with Gasteiger partial charge in [-0.25, -0.2) is 15.0 Å². The van der Waals surface area contributed by atoms with Crippen LogP contribution in [0.5, 0.6) is 5.88 Å². The van der Waals surface area contributed by atoms with Gasteiger partial charge < -0.3 is 15.0 Å². The van der Waals surface area contributed by atoms with Gasteiger partial charge in [0.2, 0.25) is 11.8 Å². The number of methoxy groups -OCH3 is 1. The van der Waals surface area contributed by atoms with Crippen LogP contribution in [0.4, 0.5) is 5.95 Å². The molecule has 0 saturated carbocycles. The number of rotatable bonds is 5. The highest BCUT2D eigenvalue weighted by Crippen LogP contribution is 2.27. The van der Waals surface area contributed by atoms with Crippen LogP contribution < -0.4 is 15.6 Å². The van der Waals surface area contributed by atoms with Crippen LogP contribution in [-0.4, -0.2) is 27.0 Å². The second-order valence-electron chi connectivity index (χ2n) is 6.48. The lowest BCUT2D eigenvalue weighted by atomic mass is 10.1. The monoisotopic (exact) mass is 407 g/mol. The summed E-state index contributed by atoms with van der Waals surface area (Å²) >= 11 is 6.08. The Morgan fingerprint density at radius 3 is 2.83 bits per heavy atom. The summed E-state index contributed by atoms with van der Waals surface area (Å²) in [7, 11) is 1.56. The molecule has 4 rings (SSSR count). The first-order chi connectivity index (χ1) is 14.0. The van der Waals surface area contributed by atoms with Crippen LogP contribution in [0, 0.1) is 0 Å². The topological polar surface area (TPSA) is 92.8 Å². The number of aromatic nitrogens is 4. The third kappa shape index (κ3) is 3.90. The molecule has 1 unspecified atom stereocenters. The smallest absolute Gasteiger partial charge is 0.253 e. The van der Waals surface area contributed by atoms with E-state index in [1.54, 1.807) is 37.7 Å². The SMILES string of the molecule is COc1ncccc1-c1ccnc(NC(C)c2cc3cc(Cl)ccc3[nH]c2=O)n1. The zero-order valence-electron chi connectivity index (χ0n) is 15.8. The third-order valence-corrected chi connectivity index (χ3v) is 4.78. The van der Waals surface area contributed by atoms with E-state index < -0.39 is 0 Å². The molecule has 7 nitrogen and oxygen atoms in total. The van der Waals surface area contributed by atoms with Gasteiger partial charge >= 0.3 is 0 Å². The fourth-order valence-corrected chi connectivity index (χ4v) is 3.29. The molecule has 3 aromatic heterocycles. The molecule has 1 atom stereocenters. The van der Waals surface area contributed by atoms with Crippen molar-refractivity contribution in [2.75, 3.05) is 12.4 Å². The Balaban J connectivity index is 1.65. The molecule has 0 aliphatic rings. The van der Waals surface area contributed by atoms with Crippen molar-refractivity contribution < 1.29 is 4.74 Å². The molecule has 8 heteroatoms. The van der Waals surface area contributed by atoms with E-state index in [2.05, 4.69) is 25.3 Å². The van der Waals surface area contributed by atoms with E-state index >= 15 is 0 Å². The van der Waals surface area contributed by atoms with Gasteiger partial charge in [0.25, 0.3) is 5.56 Å². The van der Waals surface area contributed by atoms with Crippen LogP contribution in [0.25, 0.3) is 22.2 Å². The van der Waals surface area contributed by atoms with Gasteiger partial charge in [0.1, 0.15) is 0 Å². The first-order valence-corrected chi connectivity index (χ1v) is 9.34. The molecule has 0 bridgehead atoms. The van der Waals surface area contributed by atoms with E-state index in [-0.39, 0.29) is 11.6 Å². The molecular weight excluding hydrogens is 390 g/mol. The molecule has 0 spiro atoms. The summed E-state index contributed by atoms with van der Waals surface area (Å²) in [5, 5.41) is 4.66. The van der Waals surface area contributed by atoms with Gasteiger partial charge in [-0.15, -0.1) is 0 Å². The van der Waals surface area contributed by atoms with Crippen molar-refractivity contribution >= 4 is 28.5 Å². The second-order valence-corrected chi connectivity index (χ2v) is 6.91. The zero-order valence-corrected chi connectivity index (χ0v) is 16.6. The molecule has 4 aromatic rings. The summed E-state index contributed by atoms with van der Waals surface area (Å²) in [6, 6.07) is 12.3. The lowest BCUT2D eigenvalue weighted by Gasteiger charge is -2.15. The van der Waals surface area contributed by atoms with E-state index in [0.29, 0.717) is 28.1 Å². The predicted octanol–water partition coefficient (Wildman–Crippen LogP) is 4.22. The minimum absolute atomic E-state index is 0.176. The second kappa shape index (κ2) is 7.89. The molecule has 3 heterocycles. The number of aromatic amines is 1. The molecule has 0 fully saturated rings. The quantitative estimate of drug-likeness (QED) is 0.514. The molecule has 2 N–H and O–H groups in total. The fraction of sp³-hybridized carbons (Fsp3) is 0.143. The van der Waals surface area contributed by atoms with Gasteiger partial charge in [-0.3, -0.25) is 4.79 Å². The maximum atomic E-state index is 12.5. The van der Waals surface area contributed by atoms with Crippen molar-refractivity contribution in [2.24, 2.45) is 0 Å². The summed E-state index contributed by atoms with van der Waals surface area (Å²) < 4.78 is 5.31. The molecule has 1 aromatic carbocycles. The molecule has 0 saturated heterocycles. The molecule has 146 valence electrons. The summed E-state index contributed by atoms with van der Waals surface area (Å²) in [6.45, 7) is 1.88. The normalized spacial score (nSPS) is 12.0. The van der Waals surface area contributed by atoms with Crippen molar-refractivity contribution in [3.63, 3.8) is 0 Å². The number of pyridine rings is 2. The third-order valence-electron chi connectivity index (χ3n) is 4.54. The Kier molecular flexibility index (Phi) is 5.14. The van der Waals surface area contributed by atoms with Crippen molar-refractivity contribution in [1.82, 2.24) is 19.9 Å². The number of anilines is 1. The van der Waals surface area contributed by atoms with Crippen molar-refractivity contribution in [3.8, 4) is 17.1 Å². The number of H-pyrrole nitrogens is 1. The van der Waals surface area contributed by atoms with E-state index in [9.17, 15) is 4.79 Å². The highest BCUT2D eigenvalue weighted by atomic mass is 35.5. The molecule has 29 heavy (non-hydrogen) atoms. The van der Waals surface area contributed by atoms with Crippen LogP contribution in [-0.2, 0) is 0 Å². The summed E-state index contributed by atoms with van der Waals surface area (Å²) in [4.78, 5) is 28.4. The lowest BCUT2D eigenvalue weighted by Crippen LogP contribution is -2.20. The average molecular weight is 408 g/mol. The van der Waals surface area contributed by atoms with Gasteiger partial charge in [-0.05, 0) is 49.4 Å². The fourth-order valence-electron chi connectivity index (χ4n) is 3.11. The minimum Gasteiger partial charge on any atom is -0.481 e. The Labute approximate surface area is 171 Å². The maximum Gasteiger partial charge on any atom is 0.253 e. The number of halogens is 1. The predicted molar refractivity (Wildman–Crippen MR) is 113 cm³/mol. The van der Waals surface area contributed by atoms with Crippen molar-refractivity contribution in [2.45, 2.75) is 13.0 Å². The number of fused-ring (bicyclic) bond motifs is 1. The molecule has 0 aliphatic carbocycles. The Morgan fingerprint density at radius 2 is 2.00 bits per heavy atom. The van der Waals surface area contributed by atoms with Crippen molar-refractivity contribution in [1.29, 1.82) is 0 Å². The maximum absolute atomic E-state index is 12.5. The van der Waals surface area contributed by atoms with E-state index in [1.807, 2.05) is 31.2 Å². The number of ether oxygens (including phenoxy) is 1. The van der Waals surface area contributed by atoms with Gasteiger partial charge in [0.05, 0.1) is 24.4 Å². The van der Waals surface area contributed by atoms with Gasteiger partial charge in [0, 0.05) is 33.9 Å². The summed E-state index contributed by atoms with van der Waals surface area (Å²) in [5.41, 5.74) is 2.54. The van der Waals surface area contributed by atoms with Gasteiger partial charge in [0.15, 0.2) is 0 Å². The van der Waals surface area contributed by atoms with Crippen LogP contribution in [0.1, 0.15) is 18.5 Å². The first-order valence-electron chi connectivity index (χ1n) is 8.96. The van der Waals surface area contributed by atoms with Gasteiger partial charge in [-0.2, -0.15) is 0 Å². The number of nitrogens with one attached hydrogen (secondary N) is 2. The Morgan fingerprint density at radius 1 is 1.14 bits per heavy atom.